The number of methoxy groups -OCH3 is 1. The molecular formula is C25H26N2O4S. The summed E-state index contributed by atoms with van der Waals surface area (Å²) in [6.07, 6.45) is 0.802. The summed E-state index contributed by atoms with van der Waals surface area (Å²) in [7, 11) is -2.25. The lowest BCUT2D eigenvalue weighted by molar-refractivity contribution is -0.118. The van der Waals surface area contributed by atoms with Gasteiger partial charge in [0.15, 0.2) is 0 Å². The number of fused-ring (bicyclic) bond motifs is 1. The van der Waals surface area contributed by atoms with Crippen LogP contribution in [0.15, 0.2) is 77.7 Å². The highest BCUT2D eigenvalue weighted by atomic mass is 32.2. The topological polar surface area (TPSA) is 75.7 Å². The summed E-state index contributed by atoms with van der Waals surface area (Å²) in [6.45, 7) is 2.49. The number of nitrogens with zero attached hydrogens (tertiary/aromatic N) is 1. The van der Waals surface area contributed by atoms with Gasteiger partial charge in [-0.2, -0.15) is 0 Å². The maximum absolute atomic E-state index is 13.2. The van der Waals surface area contributed by atoms with E-state index in [1.54, 1.807) is 60.5 Å². The van der Waals surface area contributed by atoms with Crippen molar-refractivity contribution in [1.29, 1.82) is 0 Å². The van der Waals surface area contributed by atoms with Gasteiger partial charge in [0.1, 0.15) is 5.75 Å². The van der Waals surface area contributed by atoms with Gasteiger partial charge >= 0.3 is 0 Å². The van der Waals surface area contributed by atoms with E-state index in [1.807, 2.05) is 31.2 Å². The average molecular weight is 451 g/mol. The molecule has 0 saturated heterocycles. The third-order valence-corrected chi connectivity index (χ3v) is 7.20. The Morgan fingerprint density at radius 3 is 2.41 bits per heavy atom. The van der Waals surface area contributed by atoms with Crippen molar-refractivity contribution in [2.24, 2.45) is 0 Å². The van der Waals surface area contributed by atoms with Gasteiger partial charge in [0.05, 0.1) is 18.0 Å². The Morgan fingerprint density at radius 2 is 1.72 bits per heavy atom. The average Bonchev–Trinajstić information content (AvgIpc) is 3.23. The molecule has 1 N–H and O–H groups in total. The third-order valence-electron chi connectivity index (χ3n) is 5.71. The number of hydrogen-bond acceptors (Lipinski definition) is 4. The molecule has 1 amide bonds. The molecule has 0 spiro atoms. The number of benzene rings is 3. The fourth-order valence-corrected chi connectivity index (χ4v) is 5.14. The second-order valence-corrected chi connectivity index (χ2v) is 9.60. The van der Waals surface area contributed by atoms with Gasteiger partial charge in [0.25, 0.3) is 0 Å². The zero-order valence-electron chi connectivity index (χ0n) is 18.1. The first kappa shape index (κ1) is 22.0. The Morgan fingerprint density at radius 1 is 1.03 bits per heavy atom. The number of ether oxygens (including phenoxy) is 1. The first-order valence-electron chi connectivity index (χ1n) is 10.5. The molecule has 3 aromatic carbocycles. The zero-order valence-corrected chi connectivity index (χ0v) is 18.9. The van der Waals surface area contributed by atoms with E-state index in [4.69, 9.17) is 4.74 Å². The summed E-state index contributed by atoms with van der Waals surface area (Å²) in [6, 6.07) is 20.8. The summed E-state index contributed by atoms with van der Waals surface area (Å²) >= 11 is 0. The van der Waals surface area contributed by atoms with Crippen molar-refractivity contribution in [3.63, 3.8) is 0 Å². The third kappa shape index (κ3) is 4.69. The van der Waals surface area contributed by atoms with Crippen LogP contribution >= 0.6 is 0 Å². The Hall–Kier alpha value is -3.16. The molecule has 1 heterocycles. The molecule has 3 aromatic rings. The highest BCUT2D eigenvalue weighted by Gasteiger charge is 2.29. The van der Waals surface area contributed by atoms with Crippen LogP contribution in [0.4, 0.5) is 5.69 Å². The number of sulfonamides is 1. The summed E-state index contributed by atoms with van der Waals surface area (Å²) in [5, 5.41) is 0. The van der Waals surface area contributed by atoms with Crippen molar-refractivity contribution >= 4 is 21.6 Å². The van der Waals surface area contributed by atoms with E-state index in [0.29, 0.717) is 17.9 Å². The molecule has 0 aromatic heterocycles. The van der Waals surface area contributed by atoms with Gasteiger partial charge < -0.3 is 9.64 Å². The molecule has 0 radical (unpaired) electrons. The number of carbonyl (C=O) groups is 1. The molecule has 0 fully saturated rings. The molecule has 1 aliphatic rings. The molecule has 1 atom stereocenters. The van der Waals surface area contributed by atoms with Gasteiger partial charge in [-0.3, -0.25) is 4.79 Å². The van der Waals surface area contributed by atoms with E-state index < -0.39 is 16.1 Å². The van der Waals surface area contributed by atoms with Gasteiger partial charge in [-0.1, -0.05) is 48.0 Å². The number of hydrogen-bond donors (Lipinski definition) is 1. The summed E-state index contributed by atoms with van der Waals surface area (Å²) in [4.78, 5) is 15.2. The van der Waals surface area contributed by atoms with Crippen molar-refractivity contribution in [3.8, 4) is 5.75 Å². The van der Waals surface area contributed by atoms with Crippen LogP contribution in [-0.2, 0) is 21.2 Å². The number of anilines is 1. The quantitative estimate of drug-likeness (QED) is 0.590. The minimum absolute atomic E-state index is 0.00571. The molecule has 0 aliphatic carbocycles. The van der Waals surface area contributed by atoms with Crippen molar-refractivity contribution in [2.45, 2.75) is 30.7 Å². The van der Waals surface area contributed by atoms with Crippen LogP contribution in [0.5, 0.6) is 5.75 Å². The fourth-order valence-electron chi connectivity index (χ4n) is 3.92. The van der Waals surface area contributed by atoms with Crippen LogP contribution in [0.2, 0.25) is 0 Å². The molecule has 166 valence electrons. The summed E-state index contributed by atoms with van der Waals surface area (Å²) in [5.74, 6) is 0.538. The minimum atomic E-state index is -3.82. The standard InChI is InChI=1S/C25H26N2O4S/c1-18-7-13-22(14-8-18)32(29,30)26-23(19-9-11-21(31-2)12-10-19)17-25(28)27-16-15-20-5-3-4-6-24(20)27/h3-14,23,26H,15-17H2,1-2H3/t23-/m0/s1. The smallest absolute Gasteiger partial charge is 0.241 e. The molecule has 6 nitrogen and oxygen atoms in total. The lowest BCUT2D eigenvalue weighted by atomic mass is 10.0. The molecule has 32 heavy (non-hydrogen) atoms. The number of amides is 1. The maximum atomic E-state index is 13.2. The highest BCUT2D eigenvalue weighted by Crippen LogP contribution is 2.30. The van der Waals surface area contributed by atoms with Crippen molar-refractivity contribution in [1.82, 2.24) is 4.72 Å². The molecule has 0 saturated carbocycles. The predicted molar refractivity (Wildman–Crippen MR) is 124 cm³/mol. The number of aryl methyl sites for hydroxylation is 1. The first-order chi connectivity index (χ1) is 15.4. The Bertz CT molecular complexity index is 1210. The maximum Gasteiger partial charge on any atom is 0.241 e. The van der Waals surface area contributed by atoms with Crippen molar-refractivity contribution in [3.05, 3.63) is 89.5 Å². The van der Waals surface area contributed by atoms with E-state index in [2.05, 4.69) is 4.72 Å². The van der Waals surface area contributed by atoms with E-state index in [-0.39, 0.29) is 17.2 Å². The van der Waals surface area contributed by atoms with Crippen LogP contribution < -0.4 is 14.4 Å². The van der Waals surface area contributed by atoms with Gasteiger partial charge in [0.2, 0.25) is 15.9 Å². The molecule has 0 bridgehead atoms. The fraction of sp³-hybridized carbons (Fsp3) is 0.240. The number of para-hydroxylation sites is 1. The SMILES string of the molecule is COc1ccc([C@H](CC(=O)N2CCc3ccccc32)NS(=O)(=O)c2ccc(C)cc2)cc1. The lowest BCUT2D eigenvalue weighted by Crippen LogP contribution is -2.35. The van der Waals surface area contributed by atoms with Crippen LogP contribution in [0.3, 0.4) is 0 Å². The van der Waals surface area contributed by atoms with Crippen LogP contribution in [-0.4, -0.2) is 28.0 Å². The molecule has 7 heteroatoms. The van der Waals surface area contributed by atoms with E-state index in [1.165, 1.54) is 0 Å². The molecular weight excluding hydrogens is 424 g/mol. The normalized spacial score (nSPS) is 14.1. The molecule has 0 unspecified atom stereocenters. The Balaban J connectivity index is 1.62. The molecule has 4 rings (SSSR count). The largest absolute Gasteiger partial charge is 0.497 e. The second kappa shape index (κ2) is 9.14. The Kier molecular flexibility index (Phi) is 6.30. The van der Waals surface area contributed by atoms with Crippen molar-refractivity contribution < 1.29 is 17.9 Å². The first-order valence-corrected chi connectivity index (χ1v) is 12.0. The van der Waals surface area contributed by atoms with Crippen LogP contribution in [0.1, 0.15) is 29.2 Å². The second-order valence-electron chi connectivity index (χ2n) is 7.89. The number of nitrogens with one attached hydrogen (secondary N) is 1. The lowest BCUT2D eigenvalue weighted by Gasteiger charge is -2.23. The number of carbonyl (C=O) groups excluding carboxylic acids is 1. The van der Waals surface area contributed by atoms with Gasteiger partial charge in [-0.05, 0) is 54.8 Å². The van der Waals surface area contributed by atoms with Gasteiger partial charge in [-0.15, -0.1) is 0 Å². The summed E-state index contributed by atoms with van der Waals surface area (Å²) < 4.78 is 34.1. The number of rotatable bonds is 7. The van der Waals surface area contributed by atoms with E-state index >= 15 is 0 Å². The van der Waals surface area contributed by atoms with Crippen LogP contribution in [0, 0.1) is 6.92 Å². The van der Waals surface area contributed by atoms with Gasteiger partial charge in [-0.25, -0.2) is 13.1 Å². The van der Waals surface area contributed by atoms with Crippen LogP contribution in [0.25, 0.3) is 0 Å². The minimum Gasteiger partial charge on any atom is -0.497 e. The van der Waals surface area contributed by atoms with Gasteiger partial charge in [0, 0.05) is 18.7 Å². The zero-order chi connectivity index (χ0) is 22.7. The molecule has 1 aliphatic heterocycles. The van der Waals surface area contributed by atoms with E-state index in [0.717, 1.165) is 23.2 Å². The predicted octanol–water partition coefficient (Wildman–Crippen LogP) is 4.00. The Labute approximate surface area is 188 Å². The van der Waals surface area contributed by atoms with E-state index in [9.17, 15) is 13.2 Å². The summed E-state index contributed by atoms with van der Waals surface area (Å²) in [5.41, 5.74) is 3.69. The highest BCUT2D eigenvalue weighted by molar-refractivity contribution is 7.89. The monoisotopic (exact) mass is 450 g/mol. The van der Waals surface area contributed by atoms with Crippen molar-refractivity contribution in [2.75, 3.05) is 18.6 Å².